The Balaban J connectivity index is 2.03. The van der Waals surface area contributed by atoms with Gasteiger partial charge in [0, 0.05) is 12.7 Å². The van der Waals surface area contributed by atoms with Gasteiger partial charge in [-0.3, -0.25) is 4.98 Å². The molecule has 1 aromatic heterocycles. The van der Waals surface area contributed by atoms with E-state index in [4.69, 9.17) is 9.84 Å². The highest BCUT2D eigenvalue weighted by Gasteiger charge is 2.01. The van der Waals surface area contributed by atoms with Crippen LogP contribution in [0.2, 0.25) is 0 Å². The number of hydrogen-bond acceptors (Lipinski definition) is 4. The predicted molar refractivity (Wildman–Crippen MR) is 78.7 cm³/mol. The number of aromatic nitrogens is 1. The van der Waals surface area contributed by atoms with Crippen LogP contribution in [0.15, 0.2) is 42.7 Å². The molecule has 0 aliphatic rings. The molecule has 0 saturated heterocycles. The van der Waals surface area contributed by atoms with Crippen molar-refractivity contribution < 1.29 is 9.84 Å². The van der Waals surface area contributed by atoms with Crippen molar-refractivity contribution in [2.24, 2.45) is 0 Å². The van der Waals surface area contributed by atoms with Gasteiger partial charge in [0.1, 0.15) is 11.5 Å². The Morgan fingerprint density at radius 3 is 2.80 bits per heavy atom. The molecule has 0 spiro atoms. The first kappa shape index (κ1) is 14.5. The van der Waals surface area contributed by atoms with E-state index in [1.54, 1.807) is 6.20 Å². The average molecular weight is 272 g/mol. The number of aliphatic hydroxyl groups is 1. The smallest absolute Gasteiger partial charge is 0.146 e. The lowest BCUT2D eigenvalue weighted by atomic mass is 10.2. The van der Waals surface area contributed by atoms with Crippen LogP contribution in [-0.2, 0) is 13.2 Å². The average Bonchev–Trinajstić information content (AvgIpc) is 2.48. The van der Waals surface area contributed by atoms with Crippen LogP contribution >= 0.6 is 0 Å². The first-order valence-electron chi connectivity index (χ1n) is 6.84. The molecule has 4 nitrogen and oxygen atoms in total. The van der Waals surface area contributed by atoms with Gasteiger partial charge < -0.3 is 15.2 Å². The summed E-state index contributed by atoms with van der Waals surface area (Å²) in [6.45, 7) is 3.92. The molecule has 2 aromatic rings. The zero-order chi connectivity index (χ0) is 14.2. The molecule has 0 fully saturated rings. The second-order valence-corrected chi connectivity index (χ2v) is 4.61. The molecule has 4 heteroatoms. The lowest BCUT2D eigenvalue weighted by molar-refractivity contribution is 0.281. The summed E-state index contributed by atoms with van der Waals surface area (Å²) in [5.41, 5.74) is 1.92. The second kappa shape index (κ2) is 7.62. The summed E-state index contributed by atoms with van der Waals surface area (Å²) < 4.78 is 5.77. The largest absolute Gasteiger partial charge is 0.456 e. The summed E-state index contributed by atoms with van der Waals surface area (Å²) >= 11 is 0. The second-order valence-electron chi connectivity index (χ2n) is 4.61. The summed E-state index contributed by atoms with van der Waals surface area (Å²) in [6.07, 6.45) is 4.63. The first-order chi connectivity index (χ1) is 9.81. The molecule has 0 aliphatic carbocycles. The van der Waals surface area contributed by atoms with Crippen LogP contribution in [0.3, 0.4) is 0 Å². The standard InChI is InChI=1S/C16H20N2O2/c1-2-6-17-9-14-8-16(11-18-10-14)20-15-5-3-4-13(7-15)12-19/h3-5,7-8,10-11,17,19H,2,6,9,12H2,1H3. The molecule has 2 rings (SSSR count). The number of rotatable bonds is 7. The maximum atomic E-state index is 9.12. The third-order valence-electron chi connectivity index (χ3n) is 2.84. The summed E-state index contributed by atoms with van der Waals surface area (Å²) in [5.74, 6) is 1.41. The summed E-state index contributed by atoms with van der Waals surface area (Å²) in [4.78, 5) is 4.19. The molecular weight excluding hydrogens is 252 g/mol. The van der Waals surface area contributed by atoms with E-state index in [-0.39, 0.29) is 6.61 Å². The van der Waals surface area contributed by atoms with Gasteiger partial charge in [0.15, 0.2) is 0 Å². The number of aliphatic hydroxyl groups excluding tert-OH is 1. The molecular formula is C16H20N2O2. The zero-order valence-electron chi connectivity index (χ0n) is 11.7. The third-order valence-corrected chi connectivity index (χ3v) is 2.84. The Bertz CT molecular complexity index is 544. The number of nitrogens with one attached hydrogen (secondary N) is 1. The van der Waals surface area contributed by atoms with Gasteiger partial charge in [-0.25, -0.2) is 0 Å². The van der Waals surface area contributed by atoms with Crippen LogP contribution in [0.4, 0.5) is 0 Å². The highest BCUT2D eigenvalue weighted by molar-refractivity contribution is 5.33. The van der Waals surface area contributed by atoms with Crippen LogP contribution in [0.1, 0.15) is 24.5 Å². The monoisotopic (exact) mass is 272 g/mol. The highest BCUT2D eigenvalue weighted by atomic mass is 16.5. The van der Waals surface area contributed by atoms with Gasteiger partial charge in [-0.15, -0.1) is 0 Å². The van der Waals surface area contributed by atoms with Crippen LogP contribution in [0.5, 0.6) is 11.5 Å². The van der Waals surface area contributed by atoms with Gasteiger partial charge in [-0.05, 0) is 42.3 Å². The van der Waals surface area contributed by atoms with Crippen LogP contribution in [0.25, 0.3) is 0 Å². The van der Waals surface area contributed by atoms with Crippen molar-refractivity contribution in [2.75, 3.05) is 6.54 Å². The van der Waals surface area contributed by atoms with Crippen molar-refractivity contribution in [1.29, 1.82) is 0 Å². The Morgan fingerprint density at radius 1 is 1.15 bits per heavy atom. The Morgan fingerprint density at radius 2 is 2.00 bits per heavy atom. The van der Waals surface area contributed by atoms with Crippen LogP contribution in [-0.4, -0.2) is 16.6 Å². The molecule has 0 aliphatic heterocycles. The molecule has 0 bridgehead atoms. The van der Waals surface area contributed by atoms with Crippen molar-refractivity contribution in [1.82, 2.24) is 10.3 Å². The molecule has 1 heterocycles. The van der Waals surface area contributed by atoms with Gasteiger partial charge >= 0.3 is 0 Å². The van der Waals surface area contributed by atoms with Crippen molar-refractivity contribution in [3.63, 3.8) is 0 Å². The van der Waals surface area contributed by atoms with E-state index in [1.807, 2.05) is 36.5 Å². The molecule has 106 valence electrons. The van der Waals surface area contributed by atoms with Gasteiger partial charge in [0.25, 0.3) is 0 Å². The Labute approximate surface area is 119 Å². The fraction of sp³-hybridized carbons (Fsp3) is 0.312. The lowest BCUT2D eigenvalue weighted by Gasteiger charge is -2.08. The Hall–Kier alpha value is -1.91. The number of pyridine rings is 1. The quantitative estimate of drug-likeness (QED) is 0.761. The van der Waals surface area contributed by atoms with E-state index in [0.717, 1.165) is 30.6 Å². The summed E-state index contributed by atoms with van der Waals surface area (Å²) in [6, 6.07) is 9.38. The SMILES string of the molecule is CCCNCc1cncc(Oc2cccc(CO)c2)c1. The first-order valence-corrected chi connectivity index (χ1v) is 6.84. The van der Waals surface area contributed by atoms with Crippen molar-refractivity contribution in [2.45, 2.75) is 26.5 Å². The lowest BCUT2D eigenvalue weighted by Crippen LogP contribution is -2.13. The topological polar surface area (TPSA) is 54.4 Å². The van der Waals surface area contributed by atoms with Crippen molar-refractivity contribution in [3.8, 4) is 11.5 Å². The number of ether oxygens (including phenoxy) is 1. The molecule has 1 aromatic carbocycles. The summed E-state index contributed by atoms with van der Waals surface area (Å²) in [7, 11) is 0. The van der Waals surface area contributed by atoms with E-state index in [9.17, 15) is 0 Å². The molecule has 0 radical (unpaired) electrons. The van der Waals surface area contributed by atoms with Gasteiger partial charge in [0.2, 0.25) is 0 Å². The minimum Gasteiger partial charge on any atom is -0.456 e. The fourth-order valence-corrected chi connectivity index (χ4v) is 1.87. The zero-order valence-corrected chi connectivity index (χ0v) is 11.7. The molecule has 0 atom stereocenters. The van der Waals surface area contributed by atoms with Gasteiger partial charge in [-0.1, -0.05) is 19.1 Å². The highest BCUT2D eigenvalue weighted by Crippen LogP contribution is 2.22. The Kier molecular flexibility index (Phi) is 5.53. The van der Waals surface area contributed by atoms with Crippen molar-refractivity contribution in [3.05, 3.63) is 53.9 Å². The number of hydrogen-bond donors (Lipinski definition) is 2. The number of nitrogens with zero attached hydrogens (tertiary/aromatic N) is 1. The minimum absolute atomic E-state index is 0.0103. The van der Waals surface area contributed by atoms with E-state index < -0.39 is 0 Å². The number of benzene rings is 1. The van der Waals surface area contributed by atoms with E-state index >= 15 is 0 Å². The van der Waals surface area contributed by atoms with E-state index in [2.05, 4.69) is 17.2 Å². The maximum Gasteiger partial charge on any atom is 0.146 e. The predicted octanol–water partition coefficient (Wildman–Crippen LogP) is 2.87. The van der Waals surface area contributed by atoms with E-state index in [1.165, 1.54) is 0 Å². The van der Waals surface area contributed by atoms with Gasteiger partial charge in [-0.2, -0.15) is 0 Å². The normalized spacial score (nSPS) is 10.5. The van der Waals surface area contributed by atoms with Crippen LogP contribution < -0.4 is 10.1 Å². The van der Waals surface area contributed by atoms with Gasteiger partial charge in [0.05, 0.1) is 12.8 Å². The third kappa shape index (κ3) is 4.33. The molecule has 0 saturated carbocycles. The molecule has 0 amide bonds. The summed E-state index contributed by atoms with van der Waals surface area (Å²) in [5, 5.41) is 12.4. The van der Waals surface area contributed by atoms with Crippen molar-refractivity contribution >= 4 is 0 Å². The van der Waals surface area contributed by atoms with E-state index in [0.29, 0.717) is 11.5 Å². The molecule has 2 N–H and O–H groups in total. The maximum absolute atomic E-state index is 9.12. The molecule has 20 heavy (non-hydrogen) atoms. The fourth-order valence-electron chi connectivity index (χ4n) is 1.87. The minimum atomic E-state index is 0.0103. The molecule has 0 unspecified atom stereocenters. The van der Waals surface area contributed by atoms with Crippen LogP contribution in [0, 0.1) is 0 Å².